The summed E-state index contributed by atoms with van der Waals surface area (Å²) in [4.78, 5) is 12.5. The summed E-state index contributed by atoms with van der Waals surface area (Å²) in [6, 6.07) is 11.6. The van der Waals surface area contributed by atoms with E-state index in [2.05, 4.69) is 15.0 Å². The van der Waals surface area contributed by atoms with Crippen LogP contribution in [0.15, 0.2) is 48.8 Å². The second-order valence-corrected chi connectivity index (χ2v) is 3.99. The molecular weight excluding hydrogens is 240 g/mol. The fourth-order valence-corrected chi connectivity index (χ4v) is 1.75. The van der Waals surface area contributed by atoms with Gasteiger partial charge in [0.2, 0.25) is 0 Å². The maximum atomic E-state index is 5.61. The van der Waals surface area contributed by atoms with E-state index in [1.165, 1.54) is 0 Å². The molecule has 19 heavy (non-hydrogen) atoms. The molecule has 0 aliphatic carbocycles. The van der Waals surface area contributed by atoms with E-state index in [4.69, 9.17) is 10.5 Å². The summed E-state index contributed by atoms with van der Waals surface area (Å²) in [5, 5.41) is 1.06. The quantitative estimate of drug-likeness (QED) is 0.774. The standard InChI is InChI=1S/C14H12N4O/c15-9-11-5-7-17-14(18-11)19-12-4-3-10-2-1-6-16-13(10)8-12/h1-8H,9,15H2. The molecule has 5 heteroatoms. The summed E-state index contributed by atoms with van der Waals surface area (Å²) >= 11 is 0. The van der Waals surface area contributed by atoms with Gasteiger partial charge in [0.15, 0.2) is 0 Å². The molecule has 3 aromatic rings. The van der Waals surface area contributed by atoms with Crippen LogP contribution in [0.3, 0.4) is 0 Å². The van der Waals surface area contributed by atoms with Crippen molar-refractivity contribution in [2.24, 2.45) is 5.73 Å². The first-order valence-electron chi connectivity index (χ1n) is 5.90. The molecule has 0 radical (unpaired) electrons. The van der Waals surface area contributed by atoms with Gasteiger partial charge in [-0.2, -0.15) is 4.98 Å². The van der Waals surface area contributed by atoms with Gasteiger partial charge >= 0.3 is 6.01 Å². The van der Waals surface area contributed by atoms with Crippen LogP contribution in [0.2, 0.25) is 0 Å². The Morgan fingerprint density at radius 3 is 2.89 bits per heavy atom. The predicted octanol–water partition coefficient (Wildman–Crippen LogP) is 2.28. The van der Waals surface area contributed by atoms with Crippen molar-refractivity contribution < 1.29 is 4.74 Å². The van der Waals surface area contributed by atoms with Gasteiger partial charge in [0.05, 0.1) is 11.2 Å². The fraction of sp³-hybridized carbons (Fsp3) is 0.0714. The zero-order chi connectivity index (χ0) is 13.1. The van der Waals surface area contributed by atoms with Gasteiger partial charge in [-0.1, -0.05) is 6.07 Å². The Morgan fingerprint density at radius 1 is 1.05 bits per heavy atom. The molecule has 0 atom stereocenters. The molecule has 2 heterocycles. The summed E-state index contributed by atoms with van der Waals surface area (Å²) in [6.07, 6.45) is 3.38. The van der Waals surface area contributed by atoms with Crippen LogP contribution in [-0.4, -0.2) is 15.0 Å². The molecule has 0 aliphatic heterocycles. The Balaban J connectivity index is 1.92. The largest absolute Gasteiger partial charge is 0.424 e. The van der Waals surface area contributed by atoms with E-state index in [-0.39, 0.29) is 0 Å². The second kappa shape index (κ2) is 4.99. The first-order chi connectivity index (χ1) is 9.35. The van der Waals surface area contributed by atoms with Crippen LogP contribution in [0, 0.1) is 0 Å². The van der Waals surface area contributed by atoms with Crippen molar-refractivity contribution in [2.45, 2.75) is 6.54 Å². The minimum absolute atomic E-state index is 0.290. The zero-order valence-corrected chi connectivity index (χ0v) is 10.2. The molecule has 0 saturated carbocycles. The third-order valence-electron chi connectivity index (χ3n) is 2.69. The number of hydrogen-bond donors (Lipinski definition) is 1. The lowest BCUT2D eigenvalue weighted by atomic mass is 10.2. The molecular formula is C14H12N4O. The molecule has 5 nitrogen and oxygen atoms in total. The number of pyridine rings is 1. The number of benzene rings is 1. The Kier molecular flexibility index (Phi) is 3.04. The normalized spacial score (nSPS) is 10.6. The molecule has 2 N–H and O–H groups in total. The van der Waals surface area contributed by atoms with Crippen molar-refractivity contribution in [3.05, 3.63) is 54.5 Å². The molecule has 1 aromatic carbocycles. The third-order valence-corrected chi connectivity index (χ3v) is 2.69. The Morgan fingerprint density at radius 2 is 2.00 bits per heavy atom. The average Bonchev–Trinajstić information content (AvgIpc) is 2.47. The highest BCUT2D eigenvalue weighted by Gasteiger charge is 2.03. The number of hydrogen-bond acceptors (Lipinski definition) is 5. The van der Waals surface area contributed by atoms with E-state index in [1.54, 1.807) is 18.5 Å². The molecule has 0 saturated heterocycles. The number of nitrogens with zero attached hydrogens (tertiary/aromatic N) is 3. The SMILES string of the molecule is NCc1ccnc(Oc2ccc3cccnc3c2)n1. The highest BCUT2D eigenvalue weighted by Crippen LogP contribution is 2.22. The van der Waals surface area contributed by atoms with Gasteiger partial charge in [-0.3, -0.25) is 4.98 Å². The number of aromatic nitrogens is 3. The van der Waals surface area contributed by atoms with Gasteiger partial charge in [-0.25, -0.2) is 4.98 Å². The molecule has 0 unspecified atom stereocenters. The molecule has 0 fully saturated rings. The van der Waals surface area contributed by atoms with Crippen molar-refractivity contribution in [1.29, 1.82) is 0 Å². The number of ether oxygens (including phenoxy) is 1. The maximum absolute atomic E-state index is 5.61. The highest BCUT2D eigenvalue weighted by molar-refractivity contribution is 5.79. The Labute approximate surface area is 110 Å². The van der Waals surface area contributed by atoms with Gasteiger partial charge in [0, 0.05) is 30.4 Å². The fourth-order valence-electron chi connectivity index (χ4n) is 1.75. The molecule has 3 rings (SSSR count). The lowest BCUT2D eigenvalue weighted by Crippen LogP contribution is -2.01. The smallest absolute Gasteiger partial charge is 0.322 e. The Bertz CT molecular complexity index is 714. The van der Waals surface area contributed by atoms with Gasteiger partial charge < -0.3 is 10.5 Å². The number of nitrogens with two attached hydrogens (primary N) is 1. The van der Waals surface area contributed by atoms with Crippen LogP contribution in [0.1, 0.15) is 5.69 Å². The summed E-state index contributed by atoms with van der Waals surface area (Å²) in [6.45, 7) is 0.359. The van der Waals surface area contributed by atoms with Crippen LogP contribution in [0.5, 0.6) is 11.8 Å². The number of fused-ring (bicyclic) bond motifs is 1. The van der Waals surface area contributed by atoms with Crippen LogP contribution in [0.4, 0.5) is 0 Å². The van der Waals surface area contributed by atoms with Crippen molar-refractivity contribution >= 4 is 10.9 Å². The summed E-state index contributed by atoms with van der Waals surface area (Å²) in [5.74, 6) is 0.653. The molecule has 94 valence electrons. The minimum Gasteiger partial charge on any atom is -0.424 e. The second-order valence-electron chi connectivity index (χ2n) is 3.99. The van der Waals surface area contributed by atoms with E-state index in [0.29, 0.717) is 18.3 Å². The lowest BCUT2D eigenvalue weighted by molar-refractivity contribution is 0.440. The van der Waals surface area contributed by atoms with Crippen LogP contribution >= 0.6 is 0 Å². The topological polar surface area (TPSA) is 73.9 Å². The van der Waals surface area contributed by atoms with E-state index < -0.39 is 0 Å². The van der Waals surface area contributed by atoms with E-state index in [1.807, 2.05) is 30.3 Å². The first kappa shape index (κ1) is 11.6. The molecule has 2 aromatic heterocycles. The average molecular weight is 252 g/mol. The van der Waals surface area contributed by atoms with Gasteiger partial charge in [0.25, 0.3) is 0 Å². The van der Waals surface area contributed by atoms with Crippen molar-refractivity contribution in [3.8, 4) is 11.8 Å². The third kappa shape index (κ3) is 2.51. The monoisotopic (exact) mass is 252 g/mol. The van der Waals surface area contributed by atoms with E-state index in [9.17, 15) is 0 Å². The van der Waals surface area contributed by atoms with Crippen molar-refractivity contribution in [1.82, 2.24) is 15.0 Å². The van der Waals surface area contributed by atoms with Crippen LogP contribution < -0.4 is 10.5 Å². The van der Waals surface area contributed by atoms with E-state index >= 15 is 0 Å². The van der Waals surface area contributed by atoms with Crippen molar-refractivity contribution in [3.63, 3.8) is 0 Å². The molecule has 0 aliphatic rings. The first-order valence-corrected chi connectivity index (χ1v) is 5.90. The molecule has 0 bridgehead atoms. The lowest BCUT2D eigenvalue weighted by Gasteiger charge is -2.05. The Hall–Kier alpha value is -2.53. The summed E-state index contributed by atoms with van der Waals surface area (Å²) < 4.78 is 5.61. The molecule has 0 amide bonds. The number of rotatable bonds is 3. The van der Waals surface area contributed by atoms with Gasteiger partial charge in [0.1, 0.15) is 5.75 Å². The predicted molar refractivity (Wildman–Crippen MR) is 71.7 cm³/mol. The minimum atomic E-state index is 0.290. The van der Waals surface area contributed by atoms with Crippen LogP contribution in [0.25, 0.3) is 10.9 Å². The maximum Gasteiger partial charge on any atom is 0.322 e. The highest BCUT2D eigenvalue weighted by atomic mass is 16.5. The van der Waals surface area contributed by atoms with Gasteiger partial charge in [-0.15, -0.1) is 0 Å². The molecule has 0 spiro atoms. The zero-order valence-electron chi connectivity index (χ0n) is 10.2. The van der Waals surface area contributed by atoms with Crippen molar-refractivity contribution in [2.75, 3.05) is 0 Å². The summed E-state index contributed by atoms with van der Waals surface area (Å²) in [5.41, 5.74) is 7.14. The van der Waals surface area contributed by atoms with E-state index in [0.717, 1.165) is 16.6 Å². The summed E-state index contributed by atoms with van der Waals surface area (Å²) in [7, 11) is 0. The van der Waals surface area contributed by atoms with Gasteiger partial charge in [-0.05, 0) is 24.3 Å². The van der Waals surface area contributed by atoms with Crippen LogP contribution in [-0.2, 0) is 6.54 Å².